The minimum atomic E-state index is 0.179. The number of benzene rings is 1. The van der Waals surface area contributed by atoms with Gasteiger partial charge in [0.15, 0.2) is 0 Å². The summed E-state index contributed by atoms with van der Waals surface area (Å²) < 4.78 is 6.10. The van der Waals surface area contributed by atoms with Gasteiger partial charge in [0.2, 0.25) is 5.91 Å². The van der Waals surface area contributed by atoms with Crippen molar-refractivity contribution in [2.24, 2.45) is 5.92 Å². The third-order valence-corrected chi connectivity index (χ3v) is 7.43. The quantitative estimate of drug-likeness (QED) is 0.682. The van der Waals surface area contributed by atoms with E-state index in [2.05, 4.69) is 28.5 Å². The van der Waals surface area contributed by atoms with Crippen LogP contribution in [0.3, 0.4) is 0 Å². The maximum atomic E-state index is 13.5. The van der Waals surface area contributed by atoms with Crippen molar-refractivity contribution < 1.29 is 9.53 Å². The van der Waals surface area contributed by atoms with Crippen LogP contribution in [0.1, 0.15) is 32.3 Å². The van der Waals surface area contributed by atoms with Gasteiger partial charge in [-0.2, -0.15) is 0 Å². The minimum absolute atomic E-state index is 0.179. The average molecular weight is 454 g/mol. The molecular weight excluding hydrogens is 421 g/mol. The Morgan fingerprint density at radius 1 is 1.07 bits per heavy atom. The van der Waals surface area contributed by atoms with Gasteiger partial charge in [-0.3, -0.25) is 14.6 Å². The Morgan fingerprint density at radius 2 is 1.80 bits per heavy atom. The van der Waals surface area contributed by atoms with Gasteiger partial charge >= 0.3 is 0 Å². The summed E-state index contributed by atoms with van der Waals surface area (Å²) in [5, 5.41) is 1.02. The van der Waals surface area contributed by atoms with Gasteiger partial charge in [-0.1, -0.05) is 43.1 Å². The summed E-state index contributed by atoms with van der Waals surface area (Å²) in [7, 11) is 0. The van der Waals surface area contributed by atoms with Gasteiger partial charge in [0.1, 0.15) is 0 Å². The lowest BCUT2D eigenvalue weighted by Crippen LogP contribution is -2.71. The molecule has 0 aliphatic carbocycles. The number of fused-ring (bicyclic) bond motifs is 1. The van der Waals surface area contributed by atoms with Crippen molar-refractivity contribution >= 4 is 29.1 Å². The molecule has 3 atom stereocenters. The van der Waals surface area contributed by atoms with Gasteiger partial charge in [-0.25, -0.2) is 0 Å². The molecule has 0 radical (unpaired) electrons. The molecule has 0 spiro atoms. The SMILES string of the molecule is CC(C)CN1CCN(C(=O)Cc2ccc(Cl)c(Cl)c2)[C@H]2[C@H]1COC[C@@H]2N1CCCC1. The Balaban J connectivity index is 1.57. The number of carbonyl (C=O) groups is 1. The third kappa shape index (κ3) is 4.81. The first-order valence-corrected chi connectivity index (χ1v) is 12.0. The van der Waals surface area contributed by atoms with Crippen molar-refractivity contribution in [1.82, 2.24) is 14.7 Å². The van der Waals surface area contributed by atoms with E-state index in [1.807, 2.05) is 12.1 Å². The second-order valence-electron chi connectivity index (χ2n) is 9.31. The molecule has 0 unspecified atom stereocenters. The highest BCUT2D eigenvalue weighted by Gasteiger charge is 2.47. The van der Waals surface area contributed by atoms with Crippen LogP contribution in [0.5, 0.6) is 0 Å². The fraction of sp³-hybridized carbons (Fsp3) is 0.696. The number of ether oxygens (including phenoxy) is 1. The highest BCUT2D eigenvalue weighted by atomic mass is 35.5. The molecule has 5 nitrogen and oxygen atoms in total. The molecule has 7 heteroatoms. The molecule has 3 saturated heterocycles. The van der Waals surface area contributed by atoms with E-state index in [9.17, 15) is 4.79 Å². The van der Waals surface area contributed by atoms with Crippen LogP contribution in [0.15, 0.2) is 18.2 Å². The fourth-order valence-electron chi connectivity index (χ4n) is 5.36. The van der Waals surface area contributed by atoms with Crippen LogP contribution in [0, 0.1) is 5.92 Å². The van der Waals surface area contributed by atoms with Crippen LogP contribution in [0.4, 0.5) is 0 Å². The largest absolute Gasteiger partial charge is 0.378 e. The summed E-state index contributed by atoms with van der Waals surface area (Å²) in [6, 6.07) is 6.21. The predicted molar refractivity (Wildman–Crippen MR) is 121 cm³/mol. The third-order valence-electron chi connectivity index (χ3n) is 6.69. The molecule has 1 aromatic carbocycles. The van der Waals surface area contributed by atoms with Gasteiger partial charge in [0.25, 0.3) is 0 Å². The number of likely N-dealkylation sites (tertiary alicyclic amines) is 1. The average Bonchev–Trinajstić information content (AvgIpc) is 3.25. The zero-order valence-corrected chi connectivity index (χ0v) is 19.5. The number of hydrogen-bond acceptors (Lipinski definition) is 4. The molecule has 0 aromatic heterocycles. The van der Waals surface area contributed by atoms with Gasteiger partial charge in [0.05, 0.1) is 47.8 Å². The van der Waals surface area contributed by atoms with E-state index in [4.69, 9.17) is 27.9 Å². The van der Waals surface area contributed by atoms with E-state index in [1.54, 1.807) is 6.07 Å². The van der Waals surface area contributed by atoms with E-state index >= 15 is 0 Å². The van der Waals surface area contributed by atoms with Crippen LogP contribution in [-0.4, -0.2) is 84.7 Å². The highest BCUT2D eigenvalue weighted by molar-refractivity contribution is 6.42. The number of halogens is 2. The number of hydrogen-bond donors (Lipinski definition) is 0. The van der Waals surface area contributed by atoms with Crippen molar-refractivity contribution in [2.45, 2.75) is 51.2 Å². The van der Waals surface area contributed by atoms with Crippen molar-refractivity contribution in [2.75, 3.05) is 45.9 Å². The summed E-state index contributed by atoms with van der Waals surface area (Å²) in [4.78, 5) is 20.7. The molecule has 0 N–H and O–H groups in total. The van der Waals surface area contributed by atoms with Gasteiger partial charge < -0.3 is 9.64 Å². The van der Waals surface area contributed by atoms with E-state index < -0.39 is 0 Å². The molecule has 1 amide bonds. The molecule has 3 aliphatic rings. The zero-order valence-electron chi connectivity index (χ0n) is 18.0. The number of rotatable bonds is 5. The molecule has 0 bridgehead atoms. The molecule has 166 valence electrons. The summed E-state index contributed by atoms with van der Waals surface area (Å²) in [6.07, 6.45) is 2.83. The first kappa shape index (κ1) is 22.3. The van der Waals surface area contributed by atoms with Gasteiger partial charge in [0, 0.05) is 19.6 Å². The second-order valence-corrected chi connectivity index (χ2v) is 10.1. The van der Waals surface area contributed by atoms with Crippen molar-refractivity contribution in [3.8, 4) is 0 Å². The van der Waals surface area contributed by atoms with E-state index in [0.29, 0.717) is 35.6 Å². The van der Waals surface area contributed by atoms with Crippen molar-refractivity contribution in [3.63, 3.8) is 0 Å². The molecular formula is C23H33Cl2N3O2. The Bertz CT molecular complexity index is 754. The van der Waals surface area contributed by atoms with E-state index in [0.717, 1.165) is 38.3 Å². The lowest BCUT2D eigenvalue weighted by molar-refractivity contribution is -0.153. The normalized spacial score (nSPS) is 28.2. The summed E-state index contributed by atoms with van der Waals surface area (Å²) in [6.45, 7) is 10.9. The molecule has 1 aromatic rings. The van der Waals surface area contributed by atoms with Gasteiger partial charge in [-0.15, -0.1) is 0 Å². The number of amides is 1. The van der Waals surface area contributed by atoms with Gasteiger partial charge in [-0.05, 0) is 49.5 Å². The molecule has 4 rings (SSSR count). The molecule has 30 heavy (non-hydrogen) atoms. The molecule has 0 saturated carbocycles. The Kier molecular flexibility index (Phi) is 7.26. The second kappa shape index (κ2) is 9.74. The standard InChI is InChI=1S/C23H33Cl2N3O2/c1-16(2)13-27-9-10-28(22(29)12-17-5-6-18(24)19(25)11-17)23-20(14-30-15-21(23)27)26-7-3-4-8-26/h5-6,11,16,20-21,23H,3-4,7-10,12-15H2,1-2H3/t20-,21+,23+/m0/s1. The van der Waals surface area contributed by atoms with Crippen molar-refractivity contribution in [3.05, 3.63) is 33.8 Å². The summed E-state index contributed by atoms with van der Waals surface area (Å²) in [5.41, 5.74) is 0.917. The number of nitrogens with zero attached hydrogens (tertiary/aromatic N) is 3. The van der Waals surface area contributed by atoms with E-state index in [-0.39, 0.29) is 24.0 Å². The van der Waals surface area contributed by atoms with Crippen LogP contribution in [-0.2, 0) is 16.0 Å². The molecule has 3 aliphatic heterocycles. The lowest BCUT2D eigenvalue weighted by atomic mass is 9.90. The molecule has 3 heterocycles. The first-order valence-electron chi connectivity index (χ1n) is 11.2. The first-order chi connectivity index (χ1) is 14.4. The number of carbonyl (C=O) groups excluding carboxylic acids is 1. The maximum Gasteiger partial charge on any atom is 0.227 e. The molecule has 3 fully saturated rings. The van der Waals surface area contributed by atoms with Crippen LogP contribution in [0.25, 0.3) is 0 Å². The monoisotopic (exact) mass is 453 g/mol. The summed E-state index contributed by atoms with van der Waals surface area (Å²) >= 11 is 12.2. The maximum absolute atomic E-state index is 13.5. The Labute approximate surface area is 190 Å². The van der Waals surface area contributed by atoms with Crippen LogP contribution >= 0.6 is 23.2 Å². The van der Waals surface area contributed by atoms with Crippen molar-refractivity contribution in [1.29, 1.82) is 0 Å². The van der Waals surface area contributed by atoms with Crippen LogP contribution < -0.4 is 0 Å². The zero-order chi connectivity index (χ0) is 21.3. The smallest absolute Gasteiger partial charge is 0.227 e. The van der Waals surface area contributed by atoms with E-state index in [1.165, 1.54) is 12.8 Å². The fourth-order valence-corrected chi connectivity index (χ4v) is 5.68. The summed E-state index contributed by atoms with van der Waals surface area (Å²) in [5.74, 6) is 0.773. The lowest BCUT2D eigenvalue weighted by Gasteiger charge is -2.54. The highest BCUT2D eigenvalue weighted by Crippen LogP contribution is 2.31. The Hall–Kier alpha value is -0.850. The Morgan fingerprint density at radius 3 is 2.50 bits per heavy atom. The topological polar surface area (TPSA) is 36.0 Å². The predicted octanol–water partition coefficient (Wildman–Crippen LogP) is 3.57. The van der Waals surface area contributed by atoms with Crippen LogP contribution in [0.2, 0.25) is 10.0 Å². The number of piperazine rings is 1. The minimum Gasteiger partial charge on any atom is -0.378 e.